The predicted octanol–water partition coefficient (Wildman–Crippen LogP) is 2.46. The molecule has 1 aliphatic heterocycles. The van der Waals surface area contributed by atoms with E-state index in [1.807, 2.05) is 10.8 Å². The van der Waals surface area contributed by atoms with Crippen molar-refractivity contribution in [2.24, 2.45) is 0 Å². The maximum Gasteiger partial charge on any atom is 0.168 e. The Morgan fingerprint density at radius 1 is 1.22 bits per heavy atom. The van der Waals surface area contributed by atoms with Gasteiger partial charge in [0.1, 0.15) is 0 Å². The fourth-order valence-corrected chi connectivity index (χ4v) is 3.17. The maximum absolute atomic E-state index is 4.41. The molecule has 130 valence electrons. The SMILES string of the molecule is C=CCN1CCN(C(CCC)c2nnnn2C(C)(C)CC)CC1. The van der Waals surface area contributed by atoms with E-state index in [1.54, 1.807) is 0 Å². The van der Waals surface area contributed by atoms with Crippen molar-refractivity contribution in [3.63, 3.8) is 0 Å². The molecule has 0 bridgehead atoms. The summed E-state index contributed by atoms with van der Waals surface area (Å²) in [4.78, 5) is 5.00. The average Bonchev–Trinajstić information content (AvgIpc) is 3.04. The van der Waals surface area contributed by atoms with Gasteiger partial charge in [0, 0.05) is 32.7 Å². The molecule has 0 spiro atoms. The molecule has 2 heterocycles. The van der Waals surface area contributed by atoms with Crippen LogP contribution in [0.15, 0.2) is 12.7 Å². The molecule has 1 unspecified atom stereocenters. The minimum Gasteiger partial charge on any atom is -0.297 e. The lowest BCUT2D eigenvalue weighted by atomic mass is 10.0. The van der Waals surface area contributed by atoms with Crippen LogP contribution in [-0.2, 0) is 5.54 Å². The van der Waals surface area contributed by atoms with Crippen molar-refractivity contribution >= 4 is 0 Å². The van der Waals surface area contributed by atoms with Crippen molar-refractivity contribution in [2.45, 2.75) is 58.5 Å². The molecule has 1 aromatic rings. The van der Waals surface area contributed by atoms with Gasteiger partial charge in [0.2, 0.25) is 0 Å². The first kappa shape index (κ1) is 18.1. The van der Waals surface area contributed by atoms with Gasteiger partial charge in [-0.15, -0.1) is 11.7 Å². The monoisotopic (exact) mass is 320 g/mol. The van der Waals surface area contributed by atoms with Crippen LogP contribution in [0.2, 0.25) is 0 Å². The van der Waals surface area contributed by atoms with E-state index < -0.39 is 0 Å². The van der Waals surface area contributed by atoms with Gasteiger partial charge in [0.15, 0.2) is 5.82 Å². The van der Waals surface area contributed by atoms with Gasteiger partial charge >= 0.3 is 0 Å². The Morgan fingerprint density at radius 3 is 2.48 bits per heavy atom. The lowest BCUT2D eigenvalue weighted by Gasteiger charge is -2.39. The molecule has 6 nitrogen and oxygen atoms in total. The van der Waals surface area contributed by atoms with Gasteiger partial charge in [-0.05, 0) is 37.1 Å². The zero-order valence-electron chi connectivity index (χ0n) is 15.2. The van der Waals surface area contributed by atoms with E-state index in [0.717, 1.165) is 57.8 Å². The summed E-state index contributed by atoms with van der Waals surface area (Å²) in [7, 11) is 0. The molecule has 2 rings (SSSR count). The molecule has 0 aliphatic carbocycles. The lowest BCUT2D eigenvalue weighted by molar-refractivity contribution is 0.0885. The largest absolute Gasteiger partial charge is 0.297 e. The Morgan fingerprint density at radius 2 is 1.91 bits per heavy atom. The summed E-state index contributed by atoms with van der Waals surface area (Å²) in [5.41, 5.74) is -0.0461. The third kappa shape index (κ3) is 4.18. The number of nitrogens with zero attached hydrogens (tertiary/aromatic N) is 6. The Bertz CT molecular complexity index is 487. The van der Waals surface area contributed by atoms with E-state index in [2.05, 4.69) is 59.6 Å². The smallest absolute Gasteiger partial charge is 0.168 e. The van der Waals surface area contributed by atoms with E-state index in [1.165, 1.54) is 0 Å². The molecule has 23 heavy (non-hydrogen) atoms. The van der Waals surface area contributed by atoms with Crippen molar-refractivity contribution in [3.05, 3.63) is 18.5 Å². The molecule has 1 fully saturated rings. The molecule has 0 amide bonds. The maximum atomic E-state index is 4.41. The van der Waals surface area contributed by atoms with Gasteiger partial charge in [-0.2, -0.15) is 0 Å². The minimum atomic E-state index is -0.0461. The van der Waals surface area contributed by atoms with Gasteiger partial charge in [-0.25, -0.2) is 4.68 Å². The molecule has 0 aromatic carbocycles. The van der Waals surface area contributed by atoms with E-state index >= 15 is 0 Å². The molecule has 1 saturated heterocycles. The van der Waals surface area contributed by atoms with Crippen LogP contribution in [0.5, 0.6) is 0 Å². The van der Waals surface area contributed by atoms with Crippen LogP contribution in [0.25, 0.3) is 0 Å². The number of hydrogen-bond acceptors (Lipinski definition) is 5. The number of rotatable bonds is 8. The quantitative estimate of drug-likeness (QED) is 0.689. The second-order valence-electron chi connectivity index (χ2n) is 7.04. The normalized spacial score (nSPS) is 19.0. The van der Waals surface area contributed by atoms with E-state index in [0.29, 0.717) is 6.04 Å². The number of hydrogen-bond donors (Lipinski definition) is 0. The molecule has 1 aliphatic rings. The van der Waals surface area contributed by atoms with Gasteiger partial charge in [0.05, 0.1) is 11.6 Å². The van der Waals surface area contributed by atoms with Crippen molar-refractivity contribution in [3.8, 4) is 0 Å². The standard InChI is InChI=1S/C17H32N6/c1-6-9-15(22-13-11-21(10-7-2)12-14-22)16-18-19-20-23(16)17(4,5)8-3/h7,15H,2,6,8-14H2,1,3-5H3. The zero-order chi connectivity index (χ0) is 16.9. The van der Waals surface area contributed by atoms with Gasteiger partial charge < -0.3 is 0 Å². The van der Waals surface area contributed by atoms with Crippen LogP contribution >= 0.6 is 0 Å². The highest BCUT2D eigenvalue weighted by atomic mass is 15.6. The predicted molar refractivity (Wildman–Crippen MR) is 93.3 cm³/mol. The summed E-state index contributed by atoms with van der Waals surface area (Å²) in [5.74, 6) is 1.02. The Labute approximate surface area is 140 Å². The molecule has 1 aromatic heterocycles. The van der Waals surface area contributed by atoms with Crippen LogP contribution in [0, 0.1) is 0 Å². The molecule has 1 atom stereocenters. The molecule has 6 heteroatoms. The van der Waals surface area contributed by atoms with Crippen molar-refractivity contribution < 1.29 is 0 Å². The highest BCUT2D eigenvalue weighted by molar-refractivity contribution is 4.98. The van der Waals surface area contributed by atoms with Crippen molar-refractivity contribution in [1.29, 1.82) is 0 Å². The van der Waals surface area contributed by atoms with Crippen LogP contribution in [0.4, 0.5) is 0 Å². The second kappa shape index (κ2) is 8.02. The van der Waals surface area contributed by atoms with Crippen LogP contribution in [0.1, 0.15) is 58.8 Å². The first-order valence-corrected chi connectivity index (χ1v) is 8.89. The first-order valence-electron chi connectivity index (χ1n) is 8.89. The fraction of sp³-hybridized carbons (Fsp3) is 0.824. The molecular formula is C17H32N6. The summed E-state index contributed by atoms with van der Waals surface area (Å²) in [5, 5.41) is 12.7. The lowest BCUT2D eigenvalue weighted by Crippen LogP contribution is -2.48. The highest BCUT2D eigenvalue weighted by Crippen LogP contribution is 2.29. The fourth-order valence-electron chi connectivity index (χ4n) is 3.17. The van der Waals surface area contributed by atoms with E-state index in [9.17, 15) is 0 Å². The zero-order valence-corrected chi connectivity index (χ0v) is 15.2. The van der Waals surface area contributed by atoms with Gasteiger partial charge in [0.25, 0.3) is 0 Å². The number of aromatic nitrogens is 4. The second-order valence-corrected chi connectivity index (χ2v) is 7.04. The molecular weight excluding hydrogens is 288 g/mol. The van der Waals surface area contributed by atoms with Crippen LogP contribution < -0.4 is 0 Å². The van der Waals surface area contributed by atoms with Gasteiger partial charge in [-0.3, -0.25) is 9.80 Å². The van der Waals surface area contributed by atoms with Crippen LogP contribution in [-0.4, -0.2) is 62.7 Å². The third-order valence-corrected chi connectivity index (χ3v) is 5.03. The van der Waals surface area contributed by atoms with E-state index in [-0.39, 0.29) is 5.54 Å². The number of piperazine rings is 1. The van der Waals surface area contributed by atoms with Gasteiger partial charge in [-0.1, -0.05) is 26.3 Å². The summed E-state index contributed by atoms with van der Waals surface area (Å²) in [6.07, 6.45) is 5.24. The molecule has 0 radical (unpaired) electrons. The summed E-state index contributed by atoms with van der Waals surface area (Å²) >= 11 is 0. The summed E-state index contributed by atoms with van der Waals surface area (Å²) in [6.45, 7) is 18.0. The minimum absolute atomic E-state index is 0.0461. The van der Waals surface area contributed by atoms with Crippen molar-refractivity contribution in [1.82, 2.24) is 30.0 Å². The topological polar surface area (TPSA) is 50.1 Å². The summed E-state index contributed by atoms with van der Waals surface area (Å²) in [6, 6.07) is 0.312. The van der Waals surface area contributed by atoms with E-state index in [4.69, 9.17) is 0 Å². The number of tetrazole rings is 1. The Kier molecular flexibility index (Phi) is 6.30. The molecule has 0 N–H and O–H groups in total. The molecule has 0 saturated carbocycles. The summed E-state index contributed by atoms with van der Waals surface area (Å²) < 4.78 is 2.05. The third-order valence-electron chi connectivity index (χ3n) is 5.03. The highest BCUT2D eigenvalue weighted by Gasteiger charge is 2.32. The van der Waals surface area contributed by atoms with Crippen LogP contribution in [0.3, 0.4) is 0 Å². The Balaban J connectivity index is 2.17. The first-order chi connectivity index (χ1) is 11.0. The average molecular weight is 320 g/mol. The Hall–Kier alpha value is -1.27. The van der Waals surface area contributed by atoms with Crippen molar-refractivity contribution in [2.75, 3.05) is 32.7 Å².